The van der Waals surface area contributed by atoms with Gasteiger partial charge in [0.05, 0.1) is 0 Å². The zero-order valence-corrected chi connectivity index (χ0v) is 7.28. The summed E-state index contributed by atoms with van der Waals surface area (Å²) in [6.07, 6.45) is 3.15. The second-order valence-corrected chi connectivity index (χ2v) is 3.40. The average molecular weight is 162 g/mol. The molecule has 3 heteroatoms. The van der Waals surface area contributed by atoms with Gasteiger partial charge in [-0.05, 0) is 24.3 Å². The van der Waals surface area contributed by atoms with E-state index in [1.165, 1.54) is 0 Å². The maximum Gasteiger partial charge on any atom is 0.303 e. The summed E-state index contributed by atoms with van der Waals surface area (Å²) in [5.41, 5.74) is 0. The van der Waals surface area contributed by atoms with E-state index in [4.69, 9.17) is 5.11 Å². The Morgan fingerprint density at radius 2 is 2.30 bits per heavy atom. The van der Waals surface area contributed by atoms with Gasteiger partial charge in [-0.1, -0.05) is 6.92 Å². The Hall–Kier alpha value is -0.180. The number of hydrogen-bond donors (Lipinski definition) is 1. The molecular formula is C7H14O2S. The van der Waals surface area contributed by atoms with Crippen molar-refractivity contribution in [2.75, 3.05) is 12.0 Å². The van der Waals surface area contributed by atoms with Crippen molar-refractivity contribution in [2.24, 2.45) is 5.92 Å². The normalized spacial score (nSPS) is 13.0. The van der Waals surface area contributed by atoms with Gasteiger partial charge in [-0.3, -0.25) is 4.79 Å². The predicted molar refractivity (Wildman–Crippen MR) is 44.4 cm³/mol. The molecule has 0 saturated heterocycles. The van der Waals surface area contributed by atoms with Crippen LogP contribution in [0.4, 0.5) is 0 Å². The molecule has 60 valence electrons. The van der Waals surface area contributed by atoms with Gasteiger partial charge in [-0.2, -0.15) is 11.8 Å². The van der Waals surface area contributed by atoms with Gasteiger partial charge in [-0.25, -0.2) is 0 Å². The van der Waals surface area contributed by atoms with Crippen molar-refractivity contribution >= 4 is 17.7 Å². The highest BCUT2D eigenvalue weighted by molar-refractivity contribution is 7.98. The molecule has 10 heavy (non-hydrogen) atoms. The molecule has 0 rings (SSSR count). The monoisotopic (exact) mass is 162 g/mol. The van der Waals surface area contributed by atoms with Gasteiger partial charge >= 0.3 is 5.97 Å². The molecule has 1 N–H and O–H groups in total. The molecule has 1 unspecified atom stereocenters. The van der Waals surface area contributed by atoms with Crippen molar-refractivity contribution in [1.82, 2.24) is 0 Å². The van der Waals surface area contributed by atoms with Crippen LogP contribution in [0, 0.1) is 5.92 Å². The van der Waals surface area contributed by atoms with Crippen molar-refractivity contribution < 1.29 is 9.90 Å². The first-order chi connectivity index (χ1) is 4.66. The van der Waals surface area contributed by atoms with Crippen LogP contribution < -0.4 is 0 Å². The Bertz CT molecular complexity index is 104. The summed E-state index contributed by atoms with van der Waals surface area (Å²) in [7, 11) is 0. The number of hydrogen-bond acceptors (Lipinski definition) is 2. The predicted octanol–water partition coefficient (Wildman–Crippen LogP) is 1.85. The summed E-state index contributed by atoms with van der Waals surface area (Å²) in [6, 6.07) is 0. The largest absolute Gasteiger partial charge is 0.481 e. The van der Waals surface area contributed by atoms with Crippen molar-refractivity contribution in [2.45, 2.75) is 19.8 Å². The van der Waals surface area contributed by atoms with Crippen LogP contribution in [0.15, 0.2) is 0 Å². The smallest absolute Gasteiger partial charge is 0.303 e. The van der Waals surface area contributed by atoms with Crippen LogP contribution in [-0.2, 0) is 4.79 Å². The van der Waals surface area contributed by atoms with Crippen LogP contribution in [0.1, 0.15) is 19.8 Å². The number of thioether (sulfide) groups is 1. The molecule has 0 radical (unpaired) electrons. The molecule has 2 nitrogen and oxygen atoms in total. The molecule has 0 aliphatic carbocycles. The lowest BCUT2D eigenvalue weighted by molar-refractivity contribution is -0.137. The van der Waals surface area contributed by atoms with Gasteiger partial charge in [0.1, 0.15) is 0 Å². The van der Waals surface area contributed by atoms with E-state index >= 15 is 0 Å². The minimum absolute atomic E-state index is 0.307. The van der Waals surface area contributed by atoms with E-state index in [9.17, 15) is 4.79 Å². The van der Waals surface area contributed by atoms with E-state index in [0.717, 1.165) is 12.2 Å². The molecule has 0 aromatic rings. The van der Waals surface area contributed by atoms with Crippen LogP contribution in [0.25, 0.3) is 0 Å². The maximum absolute atomic E-state index is 10.1. The molecule has 0 fully saturated rings. The molecule has 0 amide bonds. The highest BCUT2D eigenvalue weighted by atomic mass is 32.2. The van der Waals surface area contributed by atoms with E-state index in [2.05, 4.69) is 6.92 Å². The quantitative estimate of drug-likeness (QED) is 0.670. The molecule has 0 bridgehead atoms. The lowest BCUT2D eigenvalue weighted by Crippen LogP contribution is -2.02. The van der Waals surface area contributed by atoms with Crippen molar-refractivity contribution in [3.05, 3.63) is 0 Å². The Kier molecular flexibility index (Phi) is 5.49. The summed E-state index contributed by atoms with van der Waals surface area (Å²) in [5.74, 6) is 0.909. The number of rotatable bonds is 5. The molecule has 0 aliphatic heterocycles. The van der Waals surface area contributed by atoms with Crippen LogP contribution in [0.5, 0.6) is 0 Å². The summed E-state index contributed by atoms with van der Waals surface area (Å²) >= 11 is 1.77. The third-order valence-electron chi connectivity index (χ3n) is 1.30. The summed E-state index contributed by atoms with van der Waals surface area (Å²) in [5, 5.41) is 8.32. The molecule has 0 spiro atoms. The Morgan fingerprint density at radius 3 is 2.70 bits per heavy atom. The van der Waals surface area contributed by atoms with E-state index in [0.29, 0.717) is 12.3 Å². The first-order valence-corrected chi connectivity index (χ1v) is 4.77. The fourth-order valence-corrected chi connectivity index (χ4v) is 1.47. The Labute approximate surface area is 66.0 Å². The molecule has 1 atom stereocenters. The lowest BCUT2D eigenvalue weighted by atomic mass is 10.1. The van der Waals surface area contributed by atoms with Gasteiger partial charge in [0.15, 0.2) is 0 Å². The minimum Gasteiger partial charge on any atom is -0.481 e. The van der Waals surface area contributed by atoms with E-state index in [1.807, 2.05) is 6.26 Å². The molecular weight excluding hydrogens is 148 g/mol. The van der Waals surface area contributed by atoms with E-state index < -0.39 is 5.97 Å². The zero-order chi connectivity index (χ0) is 7.98. The number of aliphatic carboxylic acids is 1. The lowest BCUT2D eigenvalue weighted by Gasteiger charge is -2.05. The highest BCUT2D eigenvalue weighted by Crippen LogP contribution is 2.10. The summed E-state index contributed by atoms with van der Waals surface area (Å²) in [4.78, 5) is 10.1. The summed E-state index contributed by atoms with van der Waals surface area (Å²) < 4.78 is 0. The van der Waals surface area contributed by atoms with Crippen LogP contribution in [0.2, 0.25) is 0 Å². The van der Waals surface area contributed by atoms with Crippen LogP contribution >= 0.6 is 11.8 Å². The van der Waals surface area contributed by atoms with Gasteiger partial charge in [0.2, 0.25) is 0 Å². The fraction of sp³-hybridized carbons (Fsp3) is 0.857. The van der Waals surface area contributed by atoms with Gasteiger partial charge in [0.25, 0.3) is 0 Å². The van der Waals surface area contributed by atoms with E-state index in [-0.39, 0.29) is 0 Å². The van der Waals surface area contributed by atoms with Crippen LogP contribution in [-0.4, -0.2) is 23.1 Å². The van der Waals surface area contributed by atoms with Crippen molar-refractivity contribution in [3.63, 3.8) is 0 Å². The average Bonchev–Trinajstić information content (AvgIpc) is 1.85. The second kappa shape index (κ2) is 5.59. The second-order valence-electron chi connectivity index (χ2n) is 2.49. The fourth-order valence-electron chi connectivity index (χ4n) is 0.738. The van der Waals surface area contributed by atoms with Crippen LogP contribution in [0.3, 0.4) is 0 Å². The van der Waals surface area contributed by atoms with E-state index in [1.54, 1.807) is 11.8 Å². The molecule has 0 saturated carbocycles. The first kappa shape index (κ1) is 9.82. The third kappa shape index (κ3) is 5.95. The number of carboxylic acid groups (broad SMARTS) is 1. The van der Waals surface area contributed by atoms with Crippen molar-refractivity contribution in [3.8, 4) is 0 Å². The highest BCUT2D eigenvalue weighted by Gasteiger charge is 2.03. The third-order valence-corrected chi connectivity index (χ3v) is 2.20. The van der Waals surface area contributed by atoms with Crippen molar-refractivity contribution in [1.29, 1.82) is 0 Å². The maximum atomic E-state index is 10.1. The molecule has 0 aromatic carbocycles. The minimum atomic E-state index is -0.687. The number of carboxylic acids is 1. The number of carbonyl (C=O) groups is 1. The zero-order valence-electron chi connectivity index (χ0n) is 6.46. The van der Waals surface area contributed by atoms with Gasteiger partial charge < -0.3 is 5.11 Å². The first-order valence-electron chi connectivity index (χ1n) is 3.37. The SMILES string of the molecule is CSCC(C)CCC(=O)O. The van der Waals surface area contributed by atoms with Gasteiger partial charge in [0, 0.05) is 6.42 Å². The Morgan fingerprint density at radius 1 is 1.70 bits per heavy atom. The standard InChI is InChI=1S/C7H14O2S/c1-6(5-10-2)3-4-7(8)9/h6H,3-5H2,1-2H3,(H,8,9). The van der Waals surface area contributed by atoms with Gasteiger partial charge in [-0.15, -0.1) is 0 Å². The topological polar surface area (TPSA) is 37.3 Å². The summed E-state index contributed by atoms with van der Waals surface area (Å²) in [6.45, 7) is 2.08. The molecule has 0 heterocycles. The molecule has 0 aliphatic rings. The molecule has 0 aromatic heterocycles. The Balaban J connectivity index is 3.21.